The Hall–Kier alpha value is -3.02. The fourth-order valence-corrected chi connectivity index (χ4v) is 2.73. The van der Waals surface area contributed by atoms with E-state index in [1.807, 2.05) is 12.1 Å². The highest BCUT2D eigenvalue weighted by Crippen LogP contribution is 2.32. The van der Waals surface area contributed by atoms with Crippen molar-refractivity contribution in [2.24, 2.45) is 0 Å². The minimum atomic E-state index is -0.406. The van der Waals surface area contributed by atoms with Crippen molar-refractivity contribution < 1.29 is 19.1 Å². The van der Waals surface area contributed by atoms with Gasteiger partial charge in [-0.2, -0.15) is 0 Å². The Bertz CT molecular complexity index is 838. The van der Waals surface area contributed by atoms with Crippen LogP contribution < -0.4 is 20.3 Å². The third-order valence-corrected chi connectivity index (χ3v) is 4.41. The first-order valence-corrected chi connectivity index (χ1v) is 8.91. The van der Waals surface area contributed by atoms with Gasteiger partial charge in [-0.15, -0.1) is 0 Å². The SMILES string of the molecule is CC(C)(C)c1ccc(CCC(=O)NNC(=O)c2ccc3c(c2)OCO3)cc1. The van der Waals surface area contributed by atoms with Crippen LogP contribution in [-0.2, 0) is 16.6 Å². The van der Waals surface area contributed by atoms with E-state index in [-0.39, 0.29) is 24.5 Å². The van der Waals surface area contributed by atoms with Gasteiger partial charge in [0.2, 0.25) is 12.7 Å². The fourth-order valence-electron chi connectivity index (χ4n) is 2.73. The first kappa shape index (κ1) is 18.8. The predicted octanol–water partition coefficient (Wildman–Crippen LogP) is 3.11. The van der Waals surface area contributed by atoms with Gasteiger partial charge >= 0.3 is 0 Å². The van der Waals surface area contributed by atoms with Crippen LogP contribution in [0.4, 0.5) is 0 Å². The zero-order chi connectivity index (χ0) is 19.4. The van der Waals surface area contributed by atoms with Gasteiger partial charge in [0, 0.05) is 12.0 Å². The van der Waals surface area contributed by atoms with E-state index in [0.717, 1.165) is 5.56 Å². The van der Waals surface area contributed by atoms with Crippen LogP contribution in [-0.4, -0.2) is 18.6 Å². The molecular formula is C21H24N2O4. The Balaban J connectivity index is 1.46. The maximum absolute atomic E-state index is 12.1. The molecule has 0 saturated carbocycles. The van der Waals surface area contributed by atoms with Gasteiger partial charge in [-0.3, -0.25) is 20.4 Å². The second-order valence-corrected chi connectivity index (χ2v) is 7.52. The number of carbonyl (C=O) groups is 2. The first-order valence-electron chi connectivity index (χ1n) is 8.91. The minimum Gasteiger partial charge on any atom is -0.454 e. The summed E-state index contributed by atoms with van der Waals surface area (Å²) >= 11 is 0. The van der Waals surface area contributed by atoms with Crippen LogP contribution in [0, 0.1) is 0 Å². The van der Waals surface area contributed by atoms with Crippen molar-refractivity contribution >= 4 is 11.8 Å². The smallest absolute Gasteiger partial charge is 0.269 e. The van der Waals surface area contributed by atoms with Crippen molar-refractivity contribution in [1.82, 2.24) is 10.9 Å². The van der Waals surface area contributed by atoms with Crippen molar-refractivity contribution in [3.8, 4) is 11.5 Å². The predicted molar refractivity (Wildman–Crippen MR) is 102 cm³/mol. The molecule has 0 radical (unpaired) electrons. The number of aryl methyl sites for hydroxylation is 1. The molecule has 2 aromatic carbocycles. The Labute approximate surface area is 158 Å². The van der Waals surface area contributed by atoms with Gasteiger partial charge in [-0.05, 0) is 41.2 Å². The zero-order valence-electron chi connectivity index (χ0n) is 15.8. The van der Waals surface area contributed by atoms with Gasteiger partial charge in [0.05, 0.1) is 0 Å². The lowest BCUT2D eigenvalue weighted by molar-refractivity contribution is -0.121. The van der Waals surface area contributed by atoms with Crippen LogP contribution >= 0.6 is 0 Å². The molecule has 0 spiro atoms. The number of benzene rings is 2. The van der Waals surface area contributed by atoms with E-state index in [1.165, 1.54) is 5.56 Å². The van der Waals surface area contributed by atoms with E-state index < -0.39 is 5.91 Å². The van der Waals surface area contributed by atoms with Crippen molar-refractivity contribution in [3.63, 3.8) is 0 Å². The zero-order valence-corrected chi connectivity index (χ0v) is 15.8. The van der Waals surface area contributed by atoms with Crippen molar-refractivity contribution in [2.45, 2.75) is 39.0 Å². The normalized spacial score (nSPS) is 12.6. The second-order valence-electron chi connectivity index (χ2n) is 7.52. The molecule has 1 aliphatic rings. The summed E-state index contributed by atoms with van der Waals surface area (Å²) in [6.45, 7) is 6.64. The van der Waals surface area contributed by atoms with E-state index in [1.54, 1.807) is 18.2 Å². The Morgan fingerprint density at radius 1 is 0.963 bits per heavy atom. The van der Waals surface area contributed by atoms with E-state index in [2.05, 4.69) is 43.8 Å². The van der Waals surface area contributed by atoms with Crippen LogP contribution in [0.5, 0.6) is 11.5 Å². The molecule has 6 nitrogen and oxygen atoms in total. The standard InChI is InChI=1S/C21H24N2O4/c1-21(2,3)16-8-4-14(5-9-16)6-11-19(24)22-23-20(25)15-7-10-17-18(12-15)27-13-26-17/h4-5,7-10,12H,6,11,13H2,1-3H3,(H,22,24)(H,23,25). The fraction of sp³-hybridized carbons (Fsp3) is 0.333. The molecule has 2 amide bonds. The van der Waals surface area contributed by atoms with Crippen molar-refractivity contribution in [2.75, 3.05) is 6.79 Å². The lowest BCUT2D eigenvalue weighted by Gasteiger charge is -2.19. The highest BCUT2D eigenvalue weighted by molar-refractivity contribution is 5.96. The van der Waals surface area contributed by atoms with E-state index in [0.29, 0.717) is 23.5 Å². The summed E-state index contributed by atoms with van der Waals surface area (Å²) in [6, 6.07) is 13.1. The Morgan fingerprint density at radius 3 is 2.37 bits per heavy atom. The van der Waals surface area contributed by atoms with Crippen molar-refractivity contribution in [1.29, 1.82) is 0 Å². The van der Waals surface area contributed by atoms with Gasteiger partial charge < -0.3 is 9.47 Å². The van der Waals surface area contributed by atoms with Gasteiger partial charge in [0.15, 0.2) is 11.5 Å². The van der Waals surface area contributed by atoms with Crippen LogP contribution in [0.1, 0.15) is 48.7 Å². The molecular weight excluding hydrogens is 344 g/mol. The number of hydrogen-bond donors (Lipinski definition) is 2. The number of rotatable bonds is 4. The third-order valence-electron chi connectivity index (χ3n) is 4.41. The maximum atomic E-state index is 12.1. The molecule has 2 N–H and O–H groups in total. The molecule has 1 heterocycles. The molecule has 0 bridgehead atoms. The molecule has 0 saturated heterocycles. The summed E-state index contributed by atoms with van der Waals surface area (Å²) in [7, 11) is 0. The topological polar surface area (TPSA) is 76.7 Å². The summed E-state index contributed by atoms with van der Waals surface area (Å²) in [5.74, 6) is 0.473. The highest BCUT2D eigenvalue weighted by atomic mass is 16.7. The number of nitrogens with one attached hydrogen (secondary N) is 2. The molecule has 6 heteroatoms. The third kappa shape index (κ3) is 4.78. The van der Waals surface area contributed by atoms with Gasteiger partial charge in [0.1, 0.15) is 0 Å². The molecule has 27 heavy (non-hydrogen) atoms. The quantitative estimate of drug-likeness (QED) is 0.813. The first-order chi connectivity index (χ1) is 12.8. The number of amides is 2. The Kier molecular flexibility index (Phi) is 5.35. The summed E-state index contributed by atoms with van der Waals surface area (Å²) in [5, 5.41) is 0. The van der Waals surface area contributed by atoms with Gasteiger partial charge in [0.25, 0.3) is 5.91 Å². The van der Waals surface area contributed by atoms with Gasteiger partial charge in [-0.25, -0.2) is 0 Å². The molecule has 0 atom stereocenters. The average Bonchev–Trinajstić information content (AvgIpc) is 3.11. The summed E-state index contributed by atoms with van der Waals surface area (Å²) < 4.78 is 10.4. The van der Waals surface area contributed by atoms with E-state index in [9.17, 15) is 9.59 Å². The number of carbonyl (C=O) groups excluding carboxylic acids is 2. The molecule has 0 aromatic heterocycles. The highest BCUT2D eigenvalue weighted by Gasteiger charge is 2.16. The number of hydrogen-bond acceptors (Lipinski definition) is 4. The molecule has 0 fully saturated rings. The molecule has 142 valence electrons. The van der Waals surface area contributed by atoms with E-state index in [4.69, 9.17) is 9.47 Å². The molecule has 0 aliphatic carbocycles. The monoisotopic (exact) mass is 368 g/mol. The number of hydrazine groups is 1. The summed E-state index contributed by atoms with van der Waals surface area (Å²) in [6.07, 6.45) is 0.895. The molecule has 2 aromatic rings. The largest absolute Gasteiger partial charge is 0.454 e. The molecule has 3 rings (SSSR count). The molecule has 0 unspecified atom stereocenters. The van der Waals surface area contributed by atoms with Crippen LogP contribution in [0.15, 0.2) is 42.5 Å². The van der Waals surface area contributed by atoms with Gasteiger partial charge in [-0.1, -0.05) is 45.0 Å². The maximum Gasteiger partial charge on any atom is 0.269 e. The second kappa shape index (κ2) is 7.70. The number of ether oxygens (including phenoxy) is 2. The van der Waals surface area contributed by atoms with Crippen LogP contribution in [0.25, 0.3) is 0 Å². The lowest BCUT2D eigenvalue weighted by atomic mass is 9.86. The lowest BCUT2D eigenvalue weighted by Crippen LogP contribution is -2.41. The molecule has 1 aliphatic heterocycles. The van der Waals surface area contributed by atoms with Crippen LogP contribution in [0.2, 0.25) is 0 Å². The number of fused-ring (bicyclic) bond motifs is 1. The Morgan fingerprint density at radius 2 is 1.67 bits per heavy atom. The van der Waals surface area contributed by atoms with Crippen molar-refractivity contribution in [3.05, 3.63) is 59.2 Å². The average molecular weight is 368 g/mol. The van der Waals surface area contributed by atoms with E-state index >= 15 is 0 Å². The minimum absolute atomic E-state index is 0.106. The summed E-state index contributed by atoms with van der Waals surface area (Å²) in [5.41, 5.74) is 7.70. The van der Waals surface area contributed by atoms with Crippen LogP contribution in [0.3, 0.4) is 0 Å². The summed E-state index contributed by atoms with van der Waals surface area (Å²) in [4.78, 5) is 24.1.